The highest BCUT2D eigenvalue weighted by Crippen LogP contribution is 2.44. The monoisotopic (exact) mass is 826 g/mol. The van der Waals surface area contributed by atoms with Crippen LogP contribution in [-0.4, -0.2) is 64.8 Å². The third-order valence-corrected chi connectivity index (χ3v) is 18.6. The van der Waals surface area contributed by atoms with Crippen LogP contribution in [0.25, 0.3) is 0 Å². The van der Waals surface area contributed by atoms with E-state index in [1.54, 1.807) is 33.8 Å². The topological polar surface area (TPSA) is 157 Å². The lowest BCUT2D eigenvalue weighted by atomic mass is 9.79. The van der Waals surface area contributed by atoms with Gasteiger partial charge in [0.25, 0.3) is 0 Å². The van der Waals surface area contributed by atoms with Crippen molar-refractivity contribution in [3.8, 4) is 5.75 Å². The minimum atomic E-state index is -1.92. The van der Waals surface area contributed by atoms with Gasteiger partial charge >= 0.3 is 0 Å². The Morgan fingerprint density at radius 2 is 1.61 bits per heavy atom. The van der Waals surface area contributed by atoms with Crippen LogP contribution in [0.15, 0.2) is 66.9 Å². The van der Waals surface area contributed by atoms with Gasteiger partial charge in [-0.15, -0.1) is 0 Å². The van der Waals surface area contributed by atoms with Crippen molar-refractivity contribution < 1.29 is 14.0 Å². The number of fused-ring (bicyclic) bond motifs is 1. The average Bonchev–Trinajstić information content (AvgIpc) is 3.59. The number of rotatable bonds is 16. The van der Waals surface area contributed by atoms with E-state index in [0.717, 1.165) is 69.5 Å². The summed E-state index contributed by atoms with van der Waals surface area (Å²) >= 11 is 0. The highest BCUT2D eigenvalue weighted by molar-refractivity contribution is 6.77. The number of anilines is 1. The molecule has 322 valence electrons. The summed E-state index contributed by atoms with van der Waals surface area (Å²) in [5.41, 5.74) is 5.12. The van der Waals surface area contributed by atoms with Crippen LogP contribution in [-0.2, 0) is 16.3 Å². The van der Waals surface area contributed by atoms with Gasteiger partial charge in [0.15, 0.2) is 8.32 Å². The minimum absolute atomic E-state index is 0.0998. The molecule has 0 radical (unpaired) electrons. The number of allylic oxidation sites excluding steroid dienone is 1. The van der Waals surface area contributed by atoms with E-state index >= 15 is 0 Å². The van der Waals surface area contributed by atoms with Crippen molar-refractivity contribution >= 4 is 31.6 Å². The van der Waals surface area contributed by atoms with Gasteiger partial charge < -0.3 is 30.1 Å². The smallest absolute Gasteiger partial charge is 0.225 e. The fourth-order valence-corrected chi connectivity index (χ4v) is 14.7. The zero-order valence-corrected chi connectivity index (χ0v) is 38.3. The maximum atomic E-state index is 13.2. The molecule has 5 rings (SSSR count). The third-order valence-electron chi connectivity index (χ3n) is 12.5. The molecule has 2 aromatic heterocycles. The van der Waals surface area contributed by atoms with Gasteiger partial charge in [-0.1, -0.05) is 86.6 Å². The van der Waals surface area contributed by atoms with Crippen molar-refractivity contribution in [2.24, 2.45) is 18.4 Å². The molecule has 12 nitrogen and oxygen atoms in total. The second kappa shape index (κ2) is 19.7. The van der Waals surface area contributed by atoms with Crippen LogP contribution in [0.2, 0.25) is 16.6 Å². The number of aromatic nitrogens is 3. The molecular formula is C46H71N9O3Si. The number of carbonyl (C=O) groups excluding carboxylic acids is 1. The number of piperidine rings is 1. The molecule has 0 spiro atoms. The van der Waals surface area contributed by atoms with Crippen molar-refractivity contribution in [1.29, 1.82) is 16.2 Å². The number of carbonyl (C=O) groups is 1. The Hall–Kier alpha value is -4.49. The van der Waals surface area contributed by atoms with Crippen LogP contribution < -0.4 is 20.9 Å². The summed E-state index contributed by atoms with van der Waals surface area (Å²) in [5, 5.41) is 36.8. The summed E-state index contributed by atoms with van der Waals surface area (Å²) < 4.78 is 16.9. The Morgan fingerprint density at radius 1 is 0.949 bits per heavy atom. The molecule has 0 bridgehead atoms. The number of nitrogens with zero attached hydrogens (tertiary/aromatic N) is 4. The highest BCUT2D eigenvalue weighted by Gasteiger charge is 2.45. The van der Waals surface area contributed by atoms with Crippen molar-refractivity contribution in [3.05, 3.63) is 83.5 Å². The van der Waals surface area contributed by atoms with E-state index in [2.05, 4.69) is 86.4 Å². The molecular weight excluding hydrogens is 755 g/mol. The van der Waals surface area contributed by atoms with E-state index in [1.165, 1.54) is 5.56 Å². The maximum Gasteiger partial charge on any atom is 0.225 e. The highest BCUT2D eigenvalue weighted by atomic mass is 28.4. The molecule has 2 aliphatic rings. The van der Waals surface area contributed by atoms with Gasteiger partial charge in [-0.3, -0.25) is 24.9 Å². The van der Waals surface area contributed by atoms with Crippen molar-refractivity contribution in [1.82, 2.24) is 24.6 Å². The van der Waals surface area contributed by atoms with Crippen LogP contribution >= 0.6 is 0 Å². The van der Waals surface area contributed by atoms with E-state index in [0.29, 0.717) is 58.1 Å². The predicted molar refractivity (Wildman–Crippen MR) is 241 cm³/mol. The van der Waals surface area contributed by atoms with Gasteiger partial charge in [0.1, 0.15) is 23.2 Å². The number of amides is 1. The van der Waals surface area contributed by atoms with Crippen LogP contribution in [0.1, 0.15) is 130 Å². The standard InChI is InChI=1S/C46H71N9O3Si/c1-31(2)59(32(3)4,33(5)6)57-30-34-22-24-54(25-23-34)45(49)55-29-37(19-21-42(55)48)58-40-20-18-35(38-15-11-12-16-39(38)40)14-13-17-44(56)52-43(26-41(47)46(7,8)9)51-36-27-50-53(10)28-36/h11-12,15-16,19,21,26-29,31-35,40,47-49,51H,13-14,17-18,20,22-25,30H2,1-10H3,(H,52,56)/b43-26+,47-41?,48-42?,49-45?/t35?,40-/m1/s1. The van der Waals surface area contributed by atoms with Gasteiger partial charge in [-0.25, -0.2) is 0 Å². The fourth-order valence-electron chi connectivity index (χ4n) is 9.21. The number of hydrogen-bond donors (Lipinski definition) is 5. The molecule has 1 aliphatic carbocycles. The summed E-state index contributed by atoms with van der Waals surface area (Å²) in [5.74, 6) is 2.11. The Bertz CT molecular complexity index is 1980. The Kier molecular flexibility index (Phi) is 15.2. The van der Waals surface area contributed by atoms with Gasteiger partial charge in [-0.05, 0) is 90.2 Å². The fraction of sp³-hybridized carbons (Fsp3) is 0.587. The summed E-state index contributed by atoms with van der Waals surface area (Å²) in [6, 6.07) is 12.0. The number of pyridine rings is 1. The first kappa shape index (κ1) is 45.6. The molecule has 59 heavy (non-hydrogen) atoms. The molecule has 3 heterocycles. The van der Waals surface area contributed by atoms with Crippen LogP contribution in [0.3, 0.4) is 0 Å². The molecule has 1 aliphatic heterocycles. The van der Waals surface area contributed by atoms with E-state index in [9.17, 15) is 4.79 Å². The third kappa shape index (κ3) is 11.4. The largest absolute Gasteiger partial charge is 0.484 e. The number of benzene rings is 1. The molecule has 5 N–H and O–H groups in total. The minimum Gasteiger partial charge on any atom is -0.484 e. The number of nitrogens with one attached hydrogen (secondary N) is 5. The molecule has 1 unspecified atom stereocenters. The first-order chi connectivity index (χ1) is 27.9. The van der Waals surface area contributed by atoms with Crippen molar-refractivity contribution in [2.45, 2.75) is 136 Å². The maximum absolute atomic E-state index is 13.2. The number of aryl methyl sites for hydroxylation is 1. The number of likely N-dealkylation sites (tertiary alicyclic amines) is 1. The van der Waals surface area contributed by atoms with Gasteiger partial charge in [0.2, 0.25) is 11.9 Å². The molecule has 1 amide bonds. The van der Waals surface area contributed by atoms with E-state index in [-0.39, 0.29) is 22.9 Å². The summed E-state index contributed by atoms with van der Waals surface area (Å²) in [7, 11) is -0.0870. The Labute approximate surface area is 353 Å². The lowest BCUT2D eigenvalue weighted by Crippen LogP contribution is -2.50. The first-order valence-electron chi connectivity index (χ1n) is 21.8. The van der Waals surface area contributed by atoms with Crippen molar-refractivity contribution in [2.75, 3.05) is 25.0 Å². The summed E-state index contributed by atoms with van der Waals surface area (Å²) in [6.07, 6.45) is 12.5. The molecule has 0 saturated carbocycles. The molecule has 1 aromatic carbocycles. The van der Waals surface area contributed by atoms with Crippen LogP contribution in [0.4, 0.5) is 5.69 Å². The zero-order valence-electron chi connectivity index (χ0n) is 37.3. The molecule has 3 aromatic rings. The van der Waals surface area contributed by atoms with Gasteiger partial charge in [-0.2, -0.15) is 5.10 Å². The quantitative estimate of drug-likeness (QED) is 0.0550. The molecule has 1 fully saturated rings. The summed E-state index contributed by atoms with van der Waals surface area (Å²) in [6.45, 7) is 22.3. The summed E-state index contributed by atoms with van der Waals surface area (Å²) in [4.78, 5) is 15.3. The zero-order chi connectivity index (χ0) is 43.1. The molecule has 1 saturated heterocycles. The SMILES string of the molecule is CC(C)[Si](OCC1CCN(C(=N)n2cc(O[C@@H]3CCC(CCCC(=O)N/C(=C/C(=N)C(C)(C)C)Nc4cnn(C)c4)c4ccccc43)ccc2=N)CC1)(C(C)C)C(C)C. The lowest BCUT2D eigenvalue weighted by molar-refractivity contribution is -0.120. The van der Waals surface area contributed by atoms with Gasteiger partial charge in [0, 0.05) is 56.6 Å². The first-order valence-corrected chi connectivity index (χ1v) is 23.9. The van der Waals surface area contributed by atoms with Crippen LogP contribution in [0, 0.1) is 27.6 Å². The average molecular weight is 826 g/mol. The second-order valence-corrected chi connectivity index (χ2v) is 24.2. The number of ether oxygens (including phenoxy) is 1. The van der Waals surface area contributed by atoms with Crippen LogP contribution in [0.5, 0.6) is 5.75 Å². The van der Waals surface area contributed by atoms with Crippen molar-refractivity contribution in [3.63, 3.8) is 0 Å². The number of hydrogen-bond acceptors (Lipinski definition) is 8. The van der Waals surface area contributed by atoms with E-state index in [4.69, 9.17) is 25.4 Å². The van der Waals surface area contributed by atoms with Gasteiger partial charge in [0.05, 0.1) is 18.1 Å². The lowest BCUT2D eigenvalue weighted by Gasteiger charge is -2.44. The normalized spacial score (nSPS) is 18.0. The molecule has 13 heteroatoms. The second-order valence-electron chi connectivity index (χ2n) is 18.7. The Balaban J connectivity index is 1.16. The van der Waals surface area contributed by atoms with E-state index < -0.39 is 8.32 Å². The Morgan fingerprint density at radius 3 is 2.22 bits per heavy atom. The van der Waals surface area contributed by atoms with E-state index in [1.807, 2.05) is 40.1 Å². The molecule has 2 atom stereocenters. The predicted octanol–water partition coefficient (Wildman–Crippen LogP) is 9.69.